The van der Waals surface area contributed by atoms with Gasteiger partial charge in [0.15, 0.2) is 0 Å². The highest BCUT2D eigenvalue weighted by Crippen LogP contribution is 2.28. The maximum atomic E-state index is 12.5. The quantitative estimate of drug-likeness (QED) is 0.561. The molecule has 7 heteroatoms. The van der Waals surface area contributed by atoms with Crippen LogP contribution in [0.3, 0.4) is 0 Å². The largest absolute Gasteiger partial charge is 0.361 e. The van der Waals surface area contributed by atoms with Gasteiger partial charge in [0, 0.05) is 16.4 Å². The molecule has 0 aromatic heterocycles. The van der Waals surface area contributed by atoms with Gasteiger partial charge in [-0.1, -0.05) is 47.5 Å². The molecule has 3 aromatic rings. The number of anilines is 2. The van der Waals surface area contributed by atoms with Crippen molar-refractivity contribution in [3.63, 3.8) is 0 Å². The van der Waals surface area contributed by atoms with Gasteiger partial charge in [0.2, 0.25) is 0 Å². The van der Waals surface area contributed by atoms with Gasteiger partial charge in [-0.2, -0.15) is 0 Å². The minimum atomic E-state index is -0.404. The number of hydrogen-bond donors (Lipinski definition) is 3. The van der Waals surface area contributed by atoms with Crippen LogP contribution in [0.15, 0.2) is 66.7 Å². The fourth-order valence-electron chi connectivity index (χ4n) is 3.04. The first-order valence-electron chi connectivity index (χ1n) is 8.54. The van der Waals surface area contributed by atoms with Gasteiger partial charge in [-0.25, -0.2) is 0 Å². The smallest absolute Gasteiger partial charge is 0.257 e. The van der Waals surface area contributed by atoms with Crippen molar-refractivity contribution in [1.29, 1.82) is 0 Å². The van der Waals surface area contributed by atoms with E-state index in [9.17, 15) is 9.59 Å². The summed E-state index contributed by atoms with van der Waals surface area (Å²) in [4.78, 5) is 24.9. The Labute approximate surface area is 171 Å². The predicted molar refractivity (Wildman–Crippen MR) is 111 cm³/mol. The van der Waals surface area contributed by atoms with Gasteiger partial charge in [0.1, 0.15) is 6.17 Å². The molecule has 2 amide bonds. The SMILES string of the molecule is O=C(Nc1cccc([C@H]2NC(=O)c3ccccc3N2)c1)c1ccc(Cl)cc1Cl. The minimum absolute atomic E-state index is 0.151. The lowest BCUT2D eigenvalue weighted by molar-refractivity contribution is 0.0934. The number of para-hydroxylation sites is 1. The third kappa shape index (κ3) is 3.67. The molecular formula is C21H15Cl2N3O2. The Bertz CT molecular complexity index is 1080. The molecule has 28 heavy (non-hydrogen) atoms. The number of halogens is 2. The first kappa shape index (κ1) is 18.3. The highest BCUT2D eigenvalue weighted by molar-refractivity contribution is 6.37. The molecule has 3 aromatic carbocycles. The number of nitrogens with one attached hydrogen (secondary N) is 3. The van der Waals surface area contributed by atoms with Crippen molar-refractivity contribution in [2.45, 2.75) is 6.17 Å². The van der Waals surface area contributed by atoms with E-state index in [0.29, 0.717) is 21.8 Å². The van der Waals surface area contributed by atoms with Gasteiger partial charge in [-0.15, -0.1) is 0 Å². The number of benzene rings is 3. The summed E-state index contributed by atoms with van der Waals surface area (Å²) in [6.45, 7) is 0. The third-order valence-corrected chi connectivity index (χ3v) is 4.95. The predicted octanol–water partition coefficient (Wildman–Crippen LogP) is 5.10. The summed E-state index contributed by atoms with van der Waals surface area (Å²) in [5.41, 5.74) is 3.08. The van der Waals surface area contributed by atoms with E-state index in [1.165, 1.54) is 6.07 Å². The lowest BCUT2D eigenvalue weighted by Crippen LogP contribution is -2.38. The third-order valence-electron chi connectivity index (χ3n) is 4.40. The molecule has 4 rings (SSSR count). The minimum Gasteiger partial charge on any atom is -0.361 e. The molecule has 0 saturated heterocycles. The van der Waals surface area contributed by atoms with Crippen LogP contribution in [0.25, 0.3) is 0 Å². The highest BCUT2D eigenvalue weighted by Gasteiger charge is 2.24. The van der Waals surface area contributed by atoms with Gasteiger partial charge >= 0.3 is 0 Å². The fourth-order valence-corrected chi connectivity index (χ4v) is 3.54. The standard InChI is InChI=1S/C21H15Cl2N3O2/c22-13-8-9-15(17(23)11-13)20(27)24-14-5-3-4-12(10-14)19-25-18-7-2-1-6-16(18)21(28)26-19/h1-11,19,25H,(H,24,27)(H,26,28)/t19-/m1/s1. The van der Waals surface area contributed by atoms with Crippen molar-refractivity contribution in [2.75, 3.05) is 10.6 Å². The zero-order valence-electron chi connectivity index (χ0n) is 14.5. The number of fused-ring (bicyclic) bond motifs is 1. The molecule has 1 aliphatic rings. The van der Waals surface area contributed by atoms with E-state index < -0.39 is 6.17 Å². The topological polar surface area (TPSA) is 70.2 Å². The molecule has 0 bridgehead atoms. The molecule has 0 saturated carbocycles. The van der Waals surface area contributed by atoms with Gasteiger partial charge in [0.25, 0.3) is 11.8 Å². The Balaban J connectivity index is 1.55. The second-order valence-corrected chi connectivity index (χ2v) is 7.14. The van der Waals surface area contributed by atoms with E-state index in [1.54, 1.807) is 30.3 Å². The molecule has 0 unspecified atom stereocenters. The molecule has 5 nitrogen and oxygen atoms in total. The number of carbonyl (C=O) groups is 2. The van der Waals surface area contributed by atoms with E-state index in [1.807, 2.05) is 30.3 Å². The second kappa shape index (κ2) is 7.54. The van der Waals surface area contributed by atoms with Crippen molar-refractivity contribution in [3.05, 3.63) is 93.5 Å². The summed E-state index contributed by atoms with van der Waals surface area (Å²) < 4.78 is 0. The molecule has 0 aliphatic carbocycles. The Kier molecular flexibility index (Phi) is 4.94. The van der Waals surface area contributed by atoms with Crippen LogP contribution in [-0.2, 0) is 0 Å². The maximum Gasteiger partial charge on any atom is 0.257 e. The summed E-state index contributed by atoms with van der Waals surface area (Å²) in [5, 5.41) is 9.77. The Hall–Kier alpha value is -3.02. The summed E-state index contributed by atoms with van der Waals surface area (Å²) in [6.07, 6.45) is -0.404. The zero-order chi connectivity index (χ0) is 19.7. The van der Waals surface area contributed by atoms with Crippen LogP contribution in [0, 0.1) is 0 Å². The van der Waals surface area contributed by atoms with E-state index in [2.05, 4.69) is 16.0 Å². The average molecular weight is 412 g/mol. The summed E-state index contributed by atoms with van der Waals surface area (Å²) in [5.74, 6) is -0.494. The maximum absolute atomic E-state index is 12.5. The van der Waals surface area contributed by atoms with E-state index in [0.717, 1.165) is 11.3 Å². The molecular weight excluding hydrogens is 397 g/mol. The lowest BCUT2D eigenvalue weighted by Gasteiger charge is -2.28. The highest BCUT2D eigenvalue weighted by atomic mass is 35.5. The van der Waals surface area contributed by atoms with Crippen LogP contribution in [0.4, 0.5) is 11.4 Å². The van der Waals surface area contributed by atoms with Crippen LogP contribution in [0.5, 0.6) is 0 Å². The van der Waals surface area contributed by atoms with Crippen molar-refractivity contribution in [1.82, 2.24) is 5.32 Å². The molecule has 0 spiro atoms. The monoisotopic (exact) mass is 411 g/mol. The molecule has 140 valence electrons. The Morgan fingerprint density at radius 3 is 2.57 bits per heavy atom. The van der Waals surface area contributed by atoms with Crippen molar-refractivity contribution >= 4 is 46.4 Å². The number of amides is 2. The summed E-state index contributed by atoms with van der Waals surface area (Å²) >= 11 is 12.0. The van der Waals surface area contributed by atoms with Crippen LogP contribution in [0.2, 0.25) is 10.0 Å². The number of carbonyl (C=O) groups excluding carboxylic acids is 2. The molecule has 1 atom stereocenters. The van der Waals surface area contributed by atoms with Gasteiger partial charge in [-0.3, -0.25) is 9.59 Å². The second-order valence-electron chi connectivity index (χ2n) is 6.30. The van der Waals surface area contributed by atoms with Crippen LogP contribution >= 0.6 is 23.2 Å². The fraction of sp³-hybridized carbons (Fsp3) is 0.0476. The lowest BCUT2D eigenvalue weighted by atomic mass is 10.1. The van der Waals surface area contributed by atoms with Crippen molar-refractivity contribution in [2.24, 2.45) is 0 Å². The molecule has 0 fully saturated rings. The molecule has 3 N–H and O–H groups in total. The normalized spacial score (nSPS) is 15.2. The van der Waals surface area contributed by atoms with Crippen LogP contribution < -0.4 is 16.0 Å². The van der Waals surface area contributed by atoms with Crippen LogP contribution in [0.1, 0.15) is 32.4 Å². The molecule has 1 heterocycles. The van der Waals surface area contributed by atoms with E-state index >= 15 is 0 Å². The van der Waals surface area contributed by atoms with E-state index in [4.69, 9.17) is 23.2 Å². The average Bonchev–Trinajstić information content (AvgIpc) is 2.68. The van der Waals surface area contributed by atoms with Gasteiger partial charge in [-0.05, 0) is 48.0 Å². The van der Waals surface area contributed by atoms with E-state index in [-0.39, 0.29) is 16.8 Å². The van der Waals surface area contributed by atoms with Gasteiger partial charge in [0.05, 0.1) is 16.1 Å². The zero-order valence-corrected chi connectivity index (χ0v) is 16.0. The van der Waals surface area contributed by atoms with Crippen LogP contribution in [-0.4, -0.2) is 11.8 Å². The number of rotatable bonds is 3. The van der Waals surface area contributed by atoms with Crippen molar-refractivity contribution < 1.29 is 9.59 Å². The summed E-state index contributed by atoms with van der Waals surface area (Å²) in [6, 6.07) is 19.3. The first-order chi connectivity index (χ1) is 13.5. The Morgan fingerprint density at radius 1 is 0.929 bits per heavy atom. The van der Waals surface area contributed by atoms with Gasteiger partial charge < -0.3 is 16.0 Å². The molecule has 1 aliphatic heterocycles. The first-order valence-corrected chi connectivity index (χ1v) is 9.29. The summed E-state index contributed by atoms with van der Waals surface area (Å²) in [7, 11) is 0. The van der Waals surface area contributed by atoms with Crippen molar-refractivity contribution in [3.8, 4) is 0 Å². The number of hydrogen-bond acceptors (Lipinski definition) is 3. The Morgan fingerprint density at radius 2 is 1.75 bits per heavy atom. The molecule has 0 radical (unpaired) electrons.